The lowest BCUT2D eigenvalue weighted by molar-refractivity contribution is -0.129. The smallest absolute Gasteiger partial charge is 0.235 e. The molecule has 2 heterocycles. The van der Waals surface area contributed by atoms with Gasteiger partial charge in [-0.05, 0) is 38.0 Å². The molecule has 1 amide bonds. The zero-order valence-corrected chi connectivity index (χ0v) is 10.9. The van der Waals surface area contributed by atoms with Gasteiger partial charge in [0.1, 0.15) is 0 Å². The first kappa shape index (κ1) is 12.2. The van der Waals surface area contributed by atoms with Gasteiger partial charge in [-0.25, -0.2) is 0 Å². The fourth-order valence-corrected chi connectivity index (χ4v) is 3.83. The molecule has 0 aromatic heterocycles. The Kier molecular flexibility index (Phi) is 4.53. The van der Waals surface area contributed by atoms with Crippen LogP contribution in [0.3, 0.4) is 0 Å². The van der Waals surface area contributed by atoms with Crippen LogP contribution in [0.25, 0.3) is 0 Å². The highest BCUT2D eigenvalue weighted by atomic mass is 32.2. The van der Waals surface area contributed by atoms with Gasteiger partial charge in [-0.3, -0.25) is 4.79 Å². The Morgan fingerprint density at radius 1 is 1.38 bits per heavy atom. The van der Waals surface area contributed by atoms with Gasteiger partial charge in [0.15, 0.2) is 0 Å². The van der Waals surface area contributed by atoms with E-state index in [1.165, 1.54) is 25.7 Å². The molecular formula is C12H22N2OS. The summed E-state index contributed by atoms with van der Waals surface area (Å²) in [6.07, 6.45) is 6.05. The molecule has 0 aromatic carbocycles. The van der Waals surface area contributed by atoms with Gasteiger partial charge in [-0.1, -0.05) is 6.42 Å². The number of nitrogens with zero attached hydrogens (tertiary/aromatic N) is 1. The van der Waals surface area contributed by atoms with E-state index in [2.05, 4.69) is 5.32 Å². The zero-order valence-electron chi connectivity index (χ0n) is 10.1. The van der Waals surface area contributed by atoms with Crippen molar-refractivity contribution in [1.82, 2.24) is 10.2 Å². The molecule has 2 rings (SSSR count). The number of rotatable bonds is 3. The van der Waals surface area contributed by atoms with E-state index in [-0.39, 0.29) is 5.25 Å². The molecule has 0 spiro atoms. The van der Waals surface area contributed by atoms with Crippen molar-refractivity contribution in [3.63, 3.8) is 0 Å². The molecule has 92 valence electrons. The molecule has 2 saturated heterocycles. The Bertz CT molecular complexity index is 235. The van der Waals surface area contributed by atoms with E-state index < -0.39 is 0 Å². The molecule has 3 nitrogen and oxygen atoms in total. The minimum atomic E-state index is 0.236. The third-order valence-electron chi connectivity index (χ3n) is 3.49. The van der Waals surface area contributed by atoms with Crippen LogP contribution in [0.2, 0.25) is 0 Å². The summed E-state index contributed by atoms with van der Waals surface area (Å²) in [7, 11) is 1.96. The predicted octanol–water partition coefficient (Wildman–Crippen LogP) is 1.48. The maximum absolute atomic E-state index is 12.2. The molecule has 0 aromatic rings. The van der Waals surface area contributed by atoms with Crippen molar-refractivity contribution in [3.05, 3.63) is 0 Å². The molecule has 4 heteroatoms. The van der Waals surface area contributed by atoms with Crippen LogP contribution < -0.4 is 5.32 Å². The predicted molar refractivity (Wildman–Crippen MR) is 68.8 cm³/mol. The molecular weight excluding hydrogens is 220 g/mol. The van der Waals surface area contributed by atoms with Crippen LogP contribution in [-0.4, -0.2) is 48.0 Å². The number of nitrogens with one attached hydrogen (secondary N) is 1. The first-order chi connectivity index (χ1) is 7.77. The number of hydrogen-bond donors (Lipinski definition) is 1. The summed E-state index contributed by atoms with van der Waals surface area (Å²) in [5, 5.41) is 3.68. The van der Waals surface area contributed by atoms with Crippen LogP contribution in [-0.2, 0) is 4.79 Å². The monoisotopic (exact) mass is 242 g/mol. The second kappa shape index (κ2) is 5.92. The van der Waals surface area contributed by atoms with Crippen molar-refractivity contribution >= 4 is 17.7 Å². The fraction of sp³-hybridized carbons (Fsp3) is 0.917. The van der Waals surface area contributed by atoms with Gasteiger partial charge in [0.25, 0.3) is 0 Å². The first-order valence-electron chi connectivity index (χ1n) is 6.37. The maximum atomic E-state index is 12.2. The second-order valence-electron chi connectivity index (χ2n) is 4.87. The van der Waals surface area contributed by atoms with Gasteiger partial charge in [-0.2, -0.15) is 0 Å². The summed E-state index contributed by atoms with van der Waals surface area (Å²) in [4.78, 5) is 14.1. The van der Waals surface area contributed by atoms with Crippen molar-refractivity contribution in [2.45, 2.75) is 43.4 Å². The minimum absolute atomic E-state index is 0.236. The number of hydrogen-bond acceptors (Lipinski definition) is 3. The van der Waals surface area contributed by atoms with Crippen LogP contribution in [0.1, 0.15) is 32.1 Å². The van der Waals surface area contributed by atoms with Gasteiger partial charge < -0.3 is 10.2 Å². The van der Waals surface area contributed by atoms with Crippen LogP contribution in [0.4, 0.5) is 0 Å². The Balaban J connectivity index is 1.78. The van der Waals surface area contributed by atoms with Gasteiger partial charge in [-0.15, -0.1) is 11.8 Å². The zero-order chi connectivity index (χ0) is 11.4. The van der Waals surface area contributed by atoms with E-state index in [9.17, 15) is 4.79 Å². The van der Waals surface area contributed by atoms with Gasteiger partial charge in [0, 0.05) is 19.6 Å². The number of thioether (sulfide) groups is 1. The summed E-state index contributed by atoms with van der Waals surface area (Å²) in [6.45, 7) is 2.00. The van der Waals surface area contributed by atoms with Crippen molar-refractivity contribution < 1.29 is 4.79 Å². The Hall–Kier alpha value is -0.220. The van der Waals surface area contributed by atoms with Crippen LogP contribution >= 0.6 is 11.8 Å². The standard InChI is InChI=1S/C12H22N2OS/c1-14(9-10-5-4-7-13-10)12(15)11-6-2-3-8-16-11/h10-11,13H,2-9H2,1H3. The highest BCUT2D eigenvalue weighted by Gasteiger charge is 2.26. The van der Waals surface area contributed by atoms with E-state index in [1.54, 1.807) is 0 Å². The molecule has 2 atom stereocenters. The van der Waals surface area contributed by atoms with E-state index in [0.717, 1.165) is 25.3 Å². The number of carbonyl (C=O) groups excluding carboxylic acids is 1. The van der Waals surface area contributed by atoms with E-state index in [4.69, 9.17) is 0 Å². The number of amides is 1. The van der Waals surface area contributed by atoms with Crippen LogP contribution in [0.15, 0.2) is 0 Å². The average Bonchev–Trinajstić information content (AvgIpc) is 2.82. The Morgan fingerprint density at radius 2 is 2.25 bits per heavy atom. The summed E-state index contributed by atoms with van der Waals surface area (Å²) in [6, 6.07) is 0.530. The normalized spacial score (nSPS) is 30.3. The summed E-state index contributed by atoms with van der Waals surface area (Å²) >= 11 is 1.85. The Morgan fingerprint density at radius 3 is 2.88 bits per heavy atom. The molecule has 2 fully saturated rings. The fourth-order valence-electron chi connectivity index (χ4n) is 2.51. The number of likely N-dealkylation sites (N-methyl/N-ethyl adjacent to an activating group) is 1. The highest BCUT2D eigenvalue weighted by molar-refractivity contribution is 8.00. The summed E-state index contributed by atoms with van der Waals surface area (Å²) in [5.74, 6) is 1.50. The van der Waals surface area contributed by atoms with E-state index in [1.807, 2.05) is 23.7 Å². The molecule has 2 unspecified atom stereocenters. The highest BCUT2D eigenvalue weighted by Crippen LogP contribution is 2.26. The lowest BCUT2D eigenvalue weighted by Gasteiger charge is -2.27. The SMILES string of the molecule is CN(CC1CCCN1)C(=O)C1CCCCS1. The molecule has 2 aliphatic heterocycles. The quantitative estimate of drug-likeness (QED) is 0.813. The van der Waals surface area contributed by atoms with E-state index in [0.29, 0.717) is 11.9 Å². The lowest BCUT2D eigenvalue weighted by atomic mass is 10.1. The number of carbonyl (C=O) groups is 1. The van der Waals surface area contributed by atoms with Crippen molar-refractivity contribution in [3.8, 4) is 0 Å². The largest absolute Gasteiger partial charge is 0.343 e. The summed E-state index contributed by atoms with van der Waals surface area (Å²) < 4.78 is 0. The van der Waals surface area contributed by atoms with Crippen molar-refractivity contribution in [2.24, 2.45) is 0 Å². The van der Waals surface area contributed by atoms with Gasteiger partial charge in [0.2, 0.25) is 5.91 Å². The van der Waals surface area contributed by atoms with Gasteiger partial charge in [0.05, 0.1) is 5.25 Å². The average molecular weight is 242 g/mol. The molecule has 2 aliphatic rings. The lowest BCUT2D eigenvalue weighted by Crippen LogP contribution is -2.42. The van der Waals surface area contributed by atoms with E-state index >= 15 is 0 Å². The molecule has 0 bridgehead atoms. The second-order valence-corrected chi connectivity index (χ2v) is 6.18. The van der Waals surface area contributed by atoms with Crippen LogP contribution in [0, 0.1) is 0 Å². The third-order valence-corrected chi connectivity index (χ3v) is 4.85. The van der Waals surface area contributed by atoms with Crippen LogP contribution in [0.5, 0.6) is 0 Å². The first-order valence-corrected chi connectivity index (χ1v) is 7.42. The molecule has 1 N–H and O–H groups in total. The minimum Gasteiger partial charge on any atom is -0.343 e. The Labute approximate surface area is 102 Å². The molecule has 16 heavy (non-hydrogen) atoms. The maximum Gasteiger partial charge on any atom is 0.235 e. The molecule has 0 radical (unpaired) electrons. The summed E-state index contributed by atoms with van der Waals surface area (Å²) in [5.41, 5.74) is 0. The van der Waals surface area contributed by atoms with Crippen molar-refractivity contribution in [2.75, 3.05) is 25.9 Å². The molecule has 0 aliphatic carbocycles. The third kappa shape index (κ3) is 3.14. The molecule has 0 saturated carbocycles. The topological polar surface area (TPSA) is 32.3 Å². The van der Waals surface area contributed by atoms with Gasteiger partial charge >= 0.3 is 0 Å². The van der Waals surface area contributed by atoms with Crippen molar-refractivity contribution in [1.29, 1.82) is 0 Å².